The van der Waals surface area contributed by atoms with Crippen LogP contribution in [0.3, 0.4) is 0 Å². The van der Waals surface area contributed by atoms with Crippen molar-refractivity contribution in [3.63, 3.8) is 0 Å². The number of aromatic nitrogens is 3. The van der Waals surface area contributed by atoms with Crippen LogP contribution < -0.4 is 10.6 Å². The molecule has 0 aromatic carbocycles. The summed E-state index contributed by atoms with van der Waals surface area (Å²) in [6, 6.07) is 6.32. The Bertz CT molecular complexity index is 956. The molecular weight excluding hydrogens is 338 g/mol. The van der Waals surface area contributed by atoms with Gasteiger partial charge in [0, 0.05) is 41.5 Å². The summed E-state index contributed by atoms with van der Waals surface area (Å²) < 4.78 is 2.23. The van der Waals surface area contributed by atoms with Gasteiger partial charge in [-0.05, 0) is 63.5 Å². The van der Waals surface area contributed by atoms with Gasteiger partial charge in [-0.3, -0.25) is 9.78 Å². The molecule has 0 saturated carbocycles. The van der Waals surface area contributed by atoms with E-state index in [4.69, 9.17) is 0 Å². The van der Waals surface area contributed by atoms with E-state index in [9.17, 15) is 4.79 Å². The van der Waals surface area contributed by atoms with E-state index in [1.807, 2.05) is 30.6 Å². The van der Waals surface area contributed by atoms with E-state index in [-0.39, 0.29) is 11.8 Å². The van der Waals surface area contributed by atoms with Gasteiger partial charge in [0.1, 0.15) is 5.82 Å². The lowest BCUT2D eigenvalue weighted by Gasteiger charge is -2.21. The zero-order valence-electron chi connectivity index (χ0n) is 15.8. The lowest BCUT2D eigenvalue weighted by Crippen LogP contribution is -2.34. The highest BCUT2D eigenvalue weighted by atomic mass is 16.1. The van der Waals surface area contributed by atoms with E-state index < -0.39 is 0 Å². The Kier molecular flexibility index (Phi) is 4.90. The fraction of sp³-hybridized carbons (Fsp3) is 0.381. The normalized spacial score (nSPS) is 15.4. The smallest absolute Gasteiger partial charge is 0.228 e. The zero-order valence-corrected chi connectivity index (χ0v) is 15.8. The maximum absolute atomic E-state index is 12.5. The molecule has 1 saturated heterocycles. The SMILES string of the molecule is CC(C)n1cc(-c2ccnc(NC(=O)C3CCNCC3)c2)c2ccncc21. The van der Waals surface area contributed by atoms with Crippen LogP contribution in [0.5, 0.6) is 0 Å². The Morgan fingerprint density at radius 3 is 2.85 bits per heavy atom. The highest BCUT2D eigenvalue weighted by Crippen LogP contribution is 2.32. The molecule has 0 spiro atoms. The summed E-state index contributed by atoms with van der Waals surface area (Å²) in [5.41, 5.74) is 3.28. The Labute approximate surface area is 159 Å². The third-order valence-electron chi connectivity index (χ3n) is 5.23. The highest BCUT2D eigenvalue weighted by molar-refractivity contribution is 5.97. The summed E-state index contributed by atoms with van der Waals surface area (Å²) in [6.45, 7) is 6.11. The summed E-state index contributed by atoms with van der Waals surface area (Å²) in [6.07, 6.45) is 9.38. The number of hydrogen-bond donors (Lipinski definition) is 2. The van der Waals surface area contributed by atoms with Gasteiger partial charge in [0.2, 0.25) is 5.91 Å². The first-order chi connectivity index (χ1) is 13.1. The first kappa shape index (κ1) is 17.7. The van der Waals surface area contributed by atoms with Gasteiger partial charge >= 0.3 is 0 Å². The molecule has 0 aliphatic carbocycles. The predicted octanol–water partition coefficient (Wildman–Crippen LogP) is 3.62. The molecule has 0 bridgehead atoms. The molecule has 2 N–H and O–H groups in total. The topological polar surface area (TPSA) is 71.8 Å². The number of nitrogens with zero attached hydrogens (tertiary/aromatic N) is 3. The number of fused-ring (bicyclic) bond motifs is 1. The van der Waals surface area contributed by atoms with Crippen LogP contribution in [0, 0.1) is 5.92 Å². The van der Waals surface area contributed by atoms with Gasteiger partial charge in [-0.15, -0.1) is 0 Å². The van der Waals surface area contributed by atoms with E-state index in [0.29, 0.717) is 11.9 Å². The second-order valence-electron chi connectivity index (χ2n) is 7.38. The van der Waals surface area contributed by atoms with Crippen molar-refractivity contribution >= 4 is 22.6 Å². The summed E-state index contributed by atoms with van der Waals surface area (Å²) >= 11 is 0. The quantitative estimate of drug-likeness (QED) is 0.743. The first-order valence-corrected chi connectivity index (χ1v) is 9.56. The van der Waals surface area contributed by atoms with E-state index in [0.717, 1.165) is 48.0 Å². The van der Waals surface area contributed by atoms with Gasteiger partial charge in [0.25, 0.3) is 0 Å². The molecule has 1 aliphatic heterocycles. The maximum Gasteiger partial charge on any atom is 0.228 e. The molecule has 140 valence electrons. The summed E-state index contributed by atoms with van der Waals surface area (Å²) in [5.74, 6) is 0.733. The summed E-state index contributed by atoms with van der Waals surface area (Å²) in [7, 11) is 0. The Morgan fingerprint density at radius 2 is 2.07 bits per heavy atom. The van der Waals surface area contributed by atoms with Crippen LogP contribution in [0.4, 0.5) is 5.82 Å². The monoisotopic (exact) mass is 363 g/mol. The van der Waals surface area contributed by atoms with E-state index >= 15 is 0 Å². The lowest BCUT2D eigenvalue weighted by molar-refractivity contribution is -0.120. The second-order valence-corrected chi connectivity index (χ2v) is 7.38. The second kappa shape index (κ2) is 7.48. The van der Waals surface area contributed by atoms with Crippen molar-refractivity contribution in [1.29, 1.82) is 0 Å². The number of piperidine rings is 1. The van der Waals surface area contributed by atoms with Crippen LogP contribution in [0.25, 0.3) is 22.0 Å². The van der Waals surface area contributed by atoms with Gasteiger partial charge in [0.15, 0.2) is 0 Å². The number of carbonyl (C=O) groups is 1. The van der Waals surface area contributed by atoms with Crippen LogP contribution in [-0.2, 0) is 4.79 Å². The third kappa shape index (κ3) is 3.57. The Balaban J connectivity index is 1.65. The maximum atomic E-state index is 12.5. The number of anilines is 1. The molecule has 0 atom stereocenters. The van der Waals surface area contributed by atoms with Crippen molar-refractivity contribution in [2.45, 2.75) is 32.7 Å². The van der Waals surface area contributed by atoms with Crippen LogP contribution in [-0.4, -0.2) is 33.5 Å². The highest BCUT2D eigenvalue weighted by Gasteiger charge is 2.21. The molecule has 0 radical (unpaired) electrons. The van der Waals surface area contributed by atoms with Crippen LogP contribution >= 0.6 is 0 Å². The Morgan fingerprint density at radius 1 is 1.26 bits per heavy atom. The van der Waals surface area contributed by atoms with Crippen LogP contribution in [0.2, 0.25) is 0 Å². The molecule has 1 fully saturated rings. The number of amides is 1. The standard InChI is InChI=1S/C21H25N5O/c1-14(2)26-13-18(17-6-9-23-12-19(17)26)16-5-10-24-20(11-16)25-21(27)15-3-7-22-8-4-15/h5-6,9-15,22H,3-4,7-8H2,1-2H3,(H,24,25,27). The van der Waals surface area contributed by atoms with Gasteiger partial charge in [-0.1, -0.05) is 0 Å². The number of carbonyl (C=O) groups excluding carboxylic acids is 1. The van der Waals surface area contributed by atoms with Crippen LogP contribution in [0.1, 0.15) is 32.7 Å². The zero-order chi connectivity index (χ0) is 18.8. The molecule has 6 nitrogen and oxygen atoms in total. The molecule has 27 heavy (non-hydrogen) atoms. The molecule has 3 aromatic rings. The molecular formula is C21H25N5O. The molecule has 0 unspecified atom stereocenters. The van der Waals surface area contributed by atoms with Gasteiger partial charge < -0.3 is 15.2 Å². The van der Waals surface area contributed by atoms with Gasteiger partial charge in [-0.25, -0.2) is 4.98 Å². The largest absolute Gasteiger partial charge is 0.343 e. The number of nitrogens with one attached hydrogen (secondary N) is 2. The van der Waals surface area contributed by atoms with Crippen molar-refractivity contribution in [1.82, 2.24) is 19.9 Å². The number of hydrogen-bond acceptors (Lipinski definition) is 4. The first-order valence-electron chi connectivity index (χ1n) is 9.56. The lowest BCUT2D eigenvalue weighted by atomic mass is 9.97. The molecule has 1 amide bonds. The van der Waals surface area contributed by atoms with Crippen molar-refractivity contribution in [3.05, 3.63) is 43.0 Å². The van der Waals surface area contributed by atoms with Crippen LogP contribution in [0.15, 0.2) is 43.0 Å². The van der Waals surface area contributed by atoms with E-state index in [1.165, 1.54) is 0 Å². The van der Waals surface area contributed by atoms with Crippen molar-refractivity contribution in [2.75, 3.05) is 18.4 Å². The van der Waals surface area contributed by atoms with E-state index in [1.54, 1.807) is 6.20 Å². The van der Waals surface area contributed by atoms with Crippen molar-refractivity contribution in [2.24, 2.45) is 5.92 Å². The van der Waals surface area contributed by atoms with Crippen molar-refractivity contribution in [3.8, 4) is 11.1 Å². The molecule has 6 heteroatoms. The minimum Gasteiger partial charge on any atom is -0.343 e. The molecule has 3 aromatic heterocycles. The summed E-state index contributed by atoms with van der Waals surface area (Å²) in [4.78, 5) is 21.2. The summed E-state index contributed by atoms with van der Waals surface area (Å²) in [5, 5.41) is 7.45. The fourth-order valence-electron chi connectivity index (χ4n) is 3.73. The fourth-order valence-corrected chi connectivity index (χ4v) is 3.73. The minimum absolute atomic E-state index is 0.0608. The minimum atomic E-state index is 0.0608. The van der Waals surface area contributed by atoms with Gasteiger partial charge in [-0.2, -0.15) is 0 Å². The Hall–Kier alpha value is -2.73. The third-order valence-corrected chi connectivity index (χ3v) is 5.23. The number of rotatable bonds is 4. The predicted molar refractivity (Wildman–Crippen MR) is 108 cm³/mol. The molecule has 4 heterocycles. The average molecular weight is 363 g/mol. The van der Waals surface area contributed by atoms with Gasteiger partial charge in [0.05, 0.1) is 11.7 Å². The van der Waals surface area contributed by atoms with Crippen molar-refractivity contribution < 1.29 is 4.79 Å². The average Bonchev–Trinajstić information content (AvgIpc) is 3.09. The number of pyridine rings is 2. The van der Waals surface area contributed by atoms with E-state index in [2.05, 4.69) is 45.2 Å². The molecule has 4 rings (SSSR count). The molecule has 1 aliphatic rings.